The smallest absolute Gasteiger partial charge is 0.165 e. The number of nitrogens with zero attached hydrogens (tertiary/aromatic N) is 1. The van der Waals surface area contributed by atoms with Crippen LogP contribution < -0.4 is 4.74 Å². The Kier molecular flexibility index (Phi) is 3.35. The summed E-state index contributed by atoms with van der Waals surface area (Å²) in [6.45, 7) is -0.0513. The van der Waals surface area contributed by atoms with Gasteiger partial charge < -0.3 is 9.84 Å². The van der Waals surface area contributed by atoms with E-state index in [0.29, 0.717) is 11.3 Å². The Balaban J connectivity index is 2.35. The van der Waals surface area contributed by atoms with Crippen molar-refractivity contribution in [3.63, 3.8) is 0 Å². The quantitative estimate of drug-likeness (QED) is 0.885. The van der Waals surface area contributed by atoms with Crippen molar-refractivity contribution in [2.45, 2.75) is 6.61 Å². The fourth-order valence-electron chi connectivity index (χ4n) is 1.51. The van der Waals surface area contributed by atoms with Crippen LogP contribution in [0.4, 0.5) is 4.39 Å². The number of rotatable bonds is 3. The minimum absolute atomic E-state index is 0.0513. The summed E-state index contributed by atoms with van der Waals surface area (Å²) in [5, 5.41) is 8.89. The van der Waals surface area contributed by atoms with E-state index in [4.69, 9.17) is 9.84 Å². The third-order valence-corrected chi connectivity index (χ3v) is 2.45. The maximum absolute atomic E-state index is 13.5. The van der Waals surface area contributed by atoms with Gasteiger partial charge in [-0.3, -0.25) is 4.98 Å². The van der Waals surface area contributed by atoms with Crippen molar-refractivity contribution in [1.82, 2.24) is 4.98 Å². The van der Waals surface area contributed by atoms with Gasteiger partial charge >= 0.3 is 0 Å². The molecule has 0 unspecified atom stereocenters. The summed E-state index contributed by atoms with van der Waals surface area (Å²) in [5.41, 5.74) is 2.05. The Morgan fingerprint density at radius 3 is 2.65 bits per heavy atom. The van der Waals surface area contributed by atoms with Gasteiger partial charge in [0.1, 0.15) is 0 Å². The average molecular weight is 233 g/mol. The molecule has 1 N–H and O–H groups in total. The predicted molar refractivity (Wildman–Crippen MR) is 62.1 cm³/mol. The van der Waals surface area contributed by atoms with Crippen LogP contribution in [0.3, 0.4) is 0 Å². The zero-order valence-electron chi connectivity index (χ0n) is 9.35. The maximum atomic E-state index is 13.5. The van der Waals surface area contributed by atoms with Gasteiger partial charge in [-0.25, -0.2) is 4.39 Å². The number of aromatic nitrogens is 1. The van der Waals surface area contributed by atoms with Crippen LogP contribution in [0.5, 0.6) is 5.75 Å². The highest BCUT2D eigenvalue weighted by Crippen LogP contribution is 2.24. The van der Waals surface area contributed by atoms with E-state index in [0.717, 1.165) is 5.56 Å². The number of benzene rings is 1. The Bertz CT molecular complexity index is 511. The molecular weight excluding hydrogens is 221 g/mol. The lowest BCUT2D eigenvalue weighted by Gasteiger charge is -2.05. The van der Waals surface area contributed by atoms with E-state index in [-0.39, 0.29) is 12.4 Å². The van der Waals surface area contributed by atoms with Gasteiger partial charge in [0, 0.05) is 11.8 Å². The maximum Gasteiger partial charge on any atom is 0.165 e. The largest absolute Gasteiger partial charge is 0.494 e. The van der Waals surface area contributed by atoms with Crippen LogP contribution in [0.25, 0.3) is 11.3 Å². The van der Waals surface area contributed by atoms with Gasteiger partial charge in [-0.1, -0.05) is 6.07 Å². The van der Waals surface area contributed by atoms with Gasteiger partial charge in [0.15, 0.2) is 11.6 Å². The summed E-state index contributed by atoms with van der Waals surface area (Å²) in [7, 11) is 1.42. The number of pyridine rings is 1. The molecule has 0 fully saturated rings. The van der Waals surface area contributed by atoms with Crippen LogP contribution in [0, 0.1) is 5.82 Å². The first-order chi connectivity index (χ1) is 8.24. The first kappa shape index (κ1) is 11.5. The summed E-state index contributed by atoms with van der Waals surface area (Å²) in [4.78, 5) is 4.15. The fraction of sp³-hybridized carbons (Fsp3) is 0.154. The Hall–Kier alpha value is -1.94. The number of aliphatic hydroxyl groups excluding tert-OH is 1. The van der Waals surface area contributed by atoms with E-state index in [1.165, 1.54) is 13.2 Å². The van der Waals surface area contributed by atoms with Crippen molar-refractivity contribution in [3.8, 4) is 17.0 Å². The van der Waals surface area contributed by atoms with Crippen LogP contribution in [0.1, 0.15) is 5.56 Å². The van der Waals surface area contributed by atoms with E-state index in [1.54, 1.807) is 30.5 Å². The van der Waals surface area contributed by atoms with Gasteiger partial charge in [0.05, 0.1) is 19.4 Å². The fourth-order valence-corrected chi connectivity index (χ4v) is 1.51. The van der Waals surface area contributed by atoms with Crippen molar-refractivity contribution in [1.29, 1.82) is 0 Å². The molecule has 0 aliphatic heterocycles. The van der Waals surface area contributed by atoms with Crippen LogP contribution in [0.2, 0.25) is 0 Å². The van der Waals surface area contributed by atoms with E-state index >= 15 is 0 Å². The minimum Gasteiger partial charge on any atom is -0.494 e. The molecule has 2 rings (SSSR count). The zero-order valence-corrected chi connectivity index (χ0v) is 9.35. The molecular formula is C13H12FNO2. The van der Waals surface area contributed by atoms with Crippen molar-refractivity contribution in [3.05, 3.63) is 47.9 Å². The molecule has 0 aliphatic rings. The third-order valence-electron chi connectivity index (χ3n) is 2.45. The SMILES string of the molecule is COc1ccc(-c2ccc(CO)cn2)cc1F. The molecule has 1 heterocycles. The summed E-state index contributed by atoms with van der Waals surface area (Å²) in [6, 6.07) is 8.17. The van der Waals surface area contributed by atoms with Crippen molar-refractivity contribution in [2.75, 3.05) is 7.11 Å². The lowest BCUT2D eigenvalue weighted by Crippen LogP contribution is -1.91. The summed E-state index contributed by atoms with van der Waals surface area (Å²) < 4.78 is 18.3. The molecule has 17 heavy (non-hydrogen) atoms. The molecule has 0 atom stereocenters. The molecule has 0 saturated heterocycles. The average Bonchev–Trinajstić information content (AvgIpc) is 2.39. The highest BCUT2D eigenvalue weighted by atomic mass is 19.1. The zero-order chi connectivity index (χ0) is 12.3. The van der Waals surface area contributed by atoms with Gasteiger partial charge in [0.25, 0.3) is 0 Å². The van der Waals surface area contributed by atoms with E-state index in [9.17, 15) is 4.39 Å². The summed E-state index contributed by atoms with van der Waals surface area (Å²) in [5.74, 6) is -0.209. The van der Waals surface area contributed by atoms with Crippen molar-refractivity contribution >= 4 is 0 Å². The Labute approximate surface area is 98.5 Å². The molecule has 0 saturated carbocycles. The molecule has 0 amide bonds. The number of halogens is 1. The van der Waals surface area contributed by atoms with Gasteiger partial charge in [-0.2, -0.15) is 0 Å². The Morgan fingerprint density at radius 2 is 2.12 bits per heavy atom. The first-order valence-corrected chi connectivity index (χ1v) is 5.14. The molecule has 88 valence electrons. The topological polar surface area (TPSA) is 42.4 Å². The van der Waals surface area contributed by atoms with Gasteiger partial charge in [-0.15, -0.1) is 0 Å². The summed E-state index contributed by atoms with van der Waals surface area (Å²) in [6.07, 6.45) is 1.57. The van der Waals surface area contributed by atoms with E-state index in [1.807, 2.05) is 0 Å². The second-order valence-corrected chi connectivity index (χ2v) is 3.56. The molecule has 3 nitrogen and oxygen atoms in total. The van der Waals surface area contributed by atoms with Crippen LogP contribution in [-0.2, 0) is 6.61 Å². The van der Waals surface area contributed by atoms with Crippen LogP contribution in [0.15, 0.2) is 36.5 Å². The van der Waals surface area contributed by atoms with Crippen LogP contribution in [-0.4, -0.2) is 17.2 Å². The number of hydrogen-bond acceptors (Lipinski definition) is 3. The lowest BCUT2D eigenvalue weighted by molar-refractivity contribution is 0.281. The van der Waals surface area contributed by atoms with Crippen molar-refractivity contribution < 1.29 is 14.2 Å². The van der Waals surface area contributed by atoms with E-state index < -0.39 is 5.82 Å². The van der Waals surface area contributed by atoms with Crippen LogP contribution >= 0.6 is 0 Å². The molecule has 0 radical (unpaired) electrons. The number of hydrogen-bond donors (Lipinski definition) is 1. The number of ether oxygens (including phenoxy) is 1. The highest BCUT2D eigenvalue weighted by molar-refractivity contribution is 5.60. The highest BCUT2D eigenvalue weighted by Gasteiger charge is 2.05. The standard InChI is InChI=1S/C13H12FNO2/c1-17-13-5-3-10(6-11(13)14)12-4-2-9(8-16)7-15-12/h2-7,16H,8H2,1H3. The monoisotopic (exact) mass is 233 g/mol. The third kappa shape index (κ3) is 2.42. The number of methoxy groups -OCH3 is 1. The molecule has 4 heteroatoms. The Morgan fingerprint density at radius 1 is 1.29 bits per heavy atom. The molecule has 0 bridgehead atoms. The second kappa shape index (κ2) is 4.93. The molecule has 0 aliphatic carbocycles. The molecule has 1 aromatic carbocycles. The summed E-state index contributed by atoms with van der Waals surface area (Å²) >= 11 is 0. The number of aliphatic hydroxyl groups is 1. The second-order valence-electron chi connectivity index (χ2n) is 3.56. The van der Waals surface area contributed by atoms with E-state index in [2.05, 4.69) is 4.98 Å². The molecule has 0 spiro atoms. The van der Waals surface area contributed by atoms with Gasteiger partial charge in [-0.05, 0) is 29.8 Å². The minimum atomic E-state index is -0.418. The van der Waals surface area contributed by atoms with Gasteiger partial charge in [0.2, 0.25) is 0 Å². The molecule has 1 aromatic heterocycles. The predicted octanol–water partition coefficient (Wildman–Crippen LogP) is 2.39. The first-order valence-electron chi connectivity index (χ1n) is 5.14. The normalized spacial score (nSPS) is 10.3. The molecule has 2 aromatic rings. The lowest BCUT2D eigenvalue weighted by atomic mass is 10.1. The van der Waals surface area contributed by atoms with Crippen molar-refractivity contribution in [2.24, 2.45) is 0 Å².